The van der Waals surface area contributed by atoms with Gasteiger partial charge in [0.25, 0.3) is 11.8 Å². The predicted molar refractivity (Wildman–Crippen MR) is 105 cm³/mol. The van der Waals surface area contributed by atoms with Crippen molar-refractivity contribution in [2.45, 2.75) is 26.9 Å². The molecule has 2 aromatic rings. The Morgan fingerprint density at radius 2 is 1.52 bits per heavy atom. The molecule has 0 fully saturated rings. The first-order valence-corrected chi connectivity index (χ1v) is 9.54. The van der Waals surface area contributed by atoms with Gasteiger partial charge in [-0.25, -0.2) is 0 Å². The SMILES string of the molecule is CCOc1ccc(COC(=O)CCN2C(=O)c3ccccc3C2=O)cc1OCC. The Morgan fingerprint density at radius 1 is 0.897 bits per heavy atom. The van der Waals surface area contributed by atoms with Gasteiger partial charge in [-0.3, -0.25) is 19.3 Å². The number of carbonyl (C=O) groups is 3. The molecule has 0 saturated carbocycles. The van der Waals surface area contributed by atoms with E-state index in [0.717, 1.165) is 10.5 Å². The van der Waals surface area contributed by atoms with E-state index in [0.29, 0.717) is 35.8 Å². The maximum atomic E-state index is 12.3. The zero-order chi connectivity index (χ0) is 20.8. The summed E-state index contributed by atoms with van der Waals surface area (Å²) in [4.78, 5) is 37.8. The monoisotopic (exact) mass is 397 g/mol. The zero-order valence-corrected chi connectivity index (χ0v) is 16.5. The van der Waals surface area contributed by atoms with Gasteiger partial charge in [0.1, 0.15) is 6.61 Å². The molecule has 7 heteroatoms. The molecule has 0 radical (unpaired) electrons. The molecule has 0 aromatic heterocycles. The second kappa shape index (κ2) is 9.23. The first-order chi connectivity index (χ1) is 14.0. The third kappa shape index (κ3) is 4.56. The number of carbonyl (C=O) groups excluding carboxylic acids is 3. The molecule has 2 aromatic carbocycles. The van der Waals surface area contributed by atoms with E-state index in [4.69, 9.17) is 14.2 Å². The lowest BCUT2D eigenvalue weighted by atomic mass is 10.1. The first-order valence-electron chi connectivity index (χ1n) is 9.54. The van der Waals surface area contributed by atoms with Gasteiger partial charge >= 0.3 is 5.97 Å². The van der Waals surface area contributed by atoms with Crippen molar-refractivity contribution in [2.24, 2.45) is 0 Å². The average molecular weight is 397 g/mol. The van der Waals surface area contributed by atoms with E-state index in [1.165, 1.54) is 0 Å². The maximum absolute atomic E-state index is 12.3. The normalized spacial score (nSPS) is 12.7. The number of ether oxygens (including phenoxy) is 3. The number of imide groups is 1. The van der Waals surface area contributed by atoms with Gasteiger partial charge in [0, 0.05) is 6.54 Å². The fraction of sp³-hybridized carbons (Fsp3) is 0.318. The van der Waals surface area contributed by atoms with Gasteiger partial charge in [0.05, 0.1) is 30.8 Å². The van der Waals surface area contributed by atoms with Crippen LogP contribution in [0, 0.1) is 0 Å². The Balaban J connectivity index is 1.54. The summed E-state index contributed by atoms with van der Waals surface area (Å²) in [5.41, 5.74) is 1.48. The van der Waals surface area contributed by atoms with Crippen LogP contribution in [0.1, 0.15) is 46.5 Å². The summed E-state index contributed by atoms with van der Waals surface area (Å²) in [6.07, 6.45) is -0.0686. The second-order valence-corrected chi connectivity index (χ2v) is 6.37. The molecule has 152 valence electrons. The largest absolute Gasteiger partial charge is 0.490 e. The lowest BCUT2D eigenvalue weighted by Gasteiger charge is -2.14. The minimum atomic E-state index is -0.492. The lowest BCUT2D eigenvalue weighted by Crippen LogP contribution is -2.32. The Bertz CT molecular complexity index is 888. The maximum Gasteiger partial charge on any atom is 0.307 e. The second-order valence-electron chi connectivity index (χ2n) is 6.37. The van der Waals surface area contributed by atoms with Crippen molar-refractivity contribution in [3.05, 3.63) is 59.2 Å². The summed E-state index contributed by atoms with van der Waals surface area (Å²) in [5, 5.41) is 0. The van der Waals surface area contributed by atoms with Crippen molar-refractivity contribution in [3.8, 4) is 11.5 Å². The molecular weight excluding hydrogens is 374 g/mol. The van der Waals surface area contributed by atoms with Gasteiger partial charge in [-0.15, -0.1) is 0 Å². The van der Waals surface area contributed by atoms with Gasteiger partial charge in [-0.2, -0.15) is 0 Å². The lowest BCUT2D eigenvalue weighted by molar-refractivity contribution is -0.145. The predicted octanol–water partition coefficient (Wildman–Crippen LogP) is 3.21. The molecule has 2 amide bonds. The smallest absolute Gasteiger partial charge is 0.307 e. The quantitative estimate of drug-likeness (QED) is 0.477. The van der Waals surface area contributed by atoms with E-state index in [9.17, 15) is 14.4 Å². The molecule has 1 heterocycles. The van der Waals surface area contributed by atoms with Crippen LogP contribution < -0.4 is 9.47 Å². The van der Waals surface area contributed by atoms with Crippen LogP contribution in [0.2, 0.25) is 0 Å². The van der Waals surface area contributed by atoms with Crippen LogP contribution in [0.3, 0.4) is 0 Å². The van der Waals surface area contributed by atoms with Crippen LogP contribution in [-0.2, 0) is 16.1 Å². The van der Waals surface area contributed by atoms with Gasteiger partial charge < -0.3 is 14.2 Å². The molecule has 7 nitrogen and oxygen atoms in total. The summed E-state index contributed by atoms with van der Waals surface area (Å²) < 4.78 is 16.4. The summed E-state index contributed by atoms with van der Waals surface area (Å²) >= 11 is 0. The first kappa shape index (κ1) is 20.4. The summed E-state index contributed by atoms with van der Waals surface area (Å²) in [6.45, 7) is 4.82. The van der Waals surface area contributed by atoms with Crippen molar-refractivity contribution in [3.63, 3.8) is 0 Å². The van der Waals surface area contributed by atoms with E-state index < -0.39 is 5.97 Å². The molecule has 0 bridgehead atoms. The van der Waals surface area contributed by atoms with E-state index in [-0.39, 0.29) is 31.4 Å². The van der Waals surface area contributed by atoms with Crippen molar-refractivity contribution in [1.82, 2.24) is 4.90 Å². The number of hydrogen-bond donors (Lipinski definition) is 0. The van der Waals surface area contributed by atoms with Crippen LogP contribution in [0.15, 0.2) is 42.5 Å². The molecular formula is C22H23NO6. The molecule has 0 spiro atoms. The number of amides is 2. The van der Waals surface area contributed by atoms with Crippen LogP contribution in [0.5, 0.6) is 11.5 Å². The Hall–Kier alpha value is -3.35. The van der Waals surface area contributed by atoms with Crippen molar-refractivity contribution in [2.75, 3.05) is 19.8 Å². The van der Waals surface area contributed by atoms with Crippen molar-refractivity contribution < 1.29 is 28.6 Å². The zero-order valence-electron chi connectivity index (χ0n) is 16.5. The van der Waals surface area contributed by atoms with E-state index >= 15 is 0 Å². The fourth-order valence-corrected chi connectivity index (χ4v) is 3.07. The van der Waals surface area contributed by atoms with E-state index in [1.807, 2.05) is 13.8 Å². The topological polar surface area (TPSA) is 82.1 Å². The molecule has 1 aliphatic rings. The number of fused-ring (bicyclic) bond motifs is 1. The summed E-state index contributed by atoms with van der Waals surface area (Å²) in [6, 6.07) is 12.0. The highest BCUT2D eigenvalue weighted by Crippen LogP contribution is 2.29. The highest BCUT2D eigenvalue weighted by atomic mass is 16.5. The minimum Gasteiger partial charge on any atom is -0.490 e. The summed E-state index contributed by atoms with van der Waals surface area (Å²) in [5.74, 6) is -0.0325. The molecule has 0 atom stereocenters. The number of esters is 1. The average Bonchev–Trinajstić information content (AvgIpc) is 2.97. The van der Waals surface area contributed by atoms with Crippen molar-refractivity contribution in [1.29, 1.82) is 0 Å². The fourth-order valence-electron chi connectivity index (χ4n) is 3.07. The Morgan fingerprint density at radius 3 is 2.14 bits per heavy atom. The van der Waals surface area contributed by atoms with Gasteiger partial charge in [-0.05, 0) is 43.7 Å². The third-order valence-corrected chi connectivity index (χ3v) is 4.43. The number of hydrogen-bond acceptors (Lipinski definition) is 6. The van der Waals surface area contributed by atoms with Crippen LogP contribution in [0.4, 0.5) is 0 Å². The Kier molecular flexibility index (Phi) is 6.49. The molecule has 1 aliphatic heterocycles. The van der Waals surface area contributed by atoms with Gasteiger partial charge in [0.2, 0.25) is 0 Å². The van der Waals surface area contributed by atoms with Crippen LogP contribution in [0.25, 0.3) is 0 Å². The van der Waals surface area contributed by atoms with E-state index in [1.54, 1.807) is 42.5 Å². The molecule has 0 N–H and O–H groups in total. The summed E-state index contributed by atoms with van der Waals surface area (Å²) in [7, 11) is 0. The number of rotatable bonds is 9. The van der Waals surface area contributed by atoms with Crippen LogP contribution >= 0.6 is 0 Å². The van der Waals surface area contributed by atoms with Crippen molar-refractivity contribution >= 4 is 17.8 Å². The van der Waals surface area contributed by atoms with Gasteiger partial charge in [0.15, 0.2) is 11.5 Å². The standard InChI is InChI=1S/C22H23NO6/c1-3-27-18-10-9-15(13-19(18)28-4-2)14-29-20(24)11-12-23-21(25)16-7-5-6-8-17(16)22(23)26/h5-10,13H,3-4,11-12,14H2,1-2H3. The minimum absolute atomic E-state index is 0.0152. The Labute approximate surface area is 169 Å². The molecule has 0 saturated heterocycles. The molecule has 29 heavy (non-hydrogen) atoms. The number of benzene rings is 2. The molecule has 0 aliphatic carbocycles. The number of nitrogens with zero attached hydrogens (tertiary/aromatic N) is 1. The van der Waals surface area contributed by atoms with E-state index in [2.05, 4.69) is 0 Å². The van der Waals surface area contributed by atoms with Crippen LogP contribution in [-0.4, -0.2) is 42.4 Å². The van der Waals surface area contributed by atoms with Gasteiger partial charge in [-0.1, -0.05) is 18.2 Å². The molecule has 0 unspecified atom stereocenters. The molecule has 3 rings (SSSR count). The highest BCUT2D eigenvalue weighted by Gasteiger charge is 2.35. The third-order valence-electron chi connectivity index (χ3n) is 4.43. The highest BCUT2D eigenvalue weighted by molar-refractivity contribution is 6.21.